The Bertz CT molecular complexity index is 709. The summed E-state index contributed by atoms with van der Waals surface area (Å²) < 4.78 is 0. The van der Waals surface area contributed by atoms with E-state index in [0.717, 1.165) is 48.9 Å². The Labute approximate surface area is 135 Å². The molecule has 23 heavy (non-hydrogen) atoms. The molecular weight excluding hydrogens is 290 g/mol. The molecule has 122 valence electrons. The first-order chi connectivity index (χ1) is 11.1. The summed E-state index contributed by atoms with van der Waals surface area (Å²) in [6, 6.07) is 3.78. The molecule has 2 aromatic heterocycles. The van der Waals surface area contributed by atoms with Gasteiger partial charge in [0.15, 0.2) is 0 Å². The molecule has 0 unspecified atom stereocenters. The van der Waals surface area contributed by atoms with E-state index in [2.05, 4.69) is 20.3 Å². The van der Waals surface area contributed by atoms with E-state index < -0.39 is 0 Å². The van der Waals surface area contributed by atoms with Crippen LogP contribution in [0.3, 0.4) is 0 Å². The van der Waals surface area contributed by atoms with Gasteiger partial charge in [-0.25, -0.2) is 4.98 Å². The van der Waals surface area contributed by atoms with E-state index in [1.54, 1.807) is 6.20 Å². The van der Waals surface area contributed by atoms with Gasteiger partial charge in [0.25, 0.3) is 0 Å². The van der Waals surface area contributed by atoms with Crippen LogP contribution in [0.5, 0.6) is 0 Å². The van der Waals surface area contributed by atoms with Crippen molar-refractivity contribution in [2.45, 2.75) is 32.6 Å². The first-order valence-corrected chi connectivity index (χ1v) is 8.13. The van der Waals surface area contributed by atoms with Gasteiger partial charge in [-0.2, -0.15) is 0 Å². The maximum Gasteiger partial charge on any atom is 0.227 e. The molecule has 4 N–H and O–H groups in total. The van der Waals surface area contributed by atoms with Crippen LogP contribution in [-0.4, -0.2) is 28.3 Å². The molecule has 3 rings (SSSR count). The largest absolute Gasteiger partial charge is 0.388 e. The van der Waals surface area contributed by atoms with Gasteiger partial charge in [0, 0.05) is 30.2 Å². The van der Waals surface area contributed by atoms with E-state index in [-0.39, 0.29) is 11.8 Å². The number of anilines is 1. The minimum Gasteiger partial charge on any atom is -0.388 e. The van der Waals surface area contributed by atoms with Gasteiger partial charge in [0.05, 0.1) is 11.5 Å². The zero-order valence-electron chi connectivity index (χ0n) is 13.4. The summed E-state index contributed by atoms with van der Waals surface area (Å²) in [5.41, 5.74) is 7.20. The highest BCUT2D eigenvalue weighted by Gasteiger charge is 2.26. The second-order valence-electron chi connectivity index (χ2n) is 6.29. The van der Waals surface area contributed by atoms with Crippen molar-refractivity contribution in [1.29, 1.82) is 0 Å². The lowest BCUT2D eigenvalue weighted by molar-refractivity contribution is -0.121. The maximum atomic E-state index is 12.5. The van der Waals surface area contributed by atoms with Crippen LogP contribution in [0, 0.1) is 11.8 Å². The van der Waals surface area contributed by atoms with Gasteiger partial charge >= 0.3 is 0 Å². The van der Waals surface area contributed by atoms with Gasteiger partial charge in [-0.15, -0.1) is 0 Å². The Balaban J connectivity index is 1.58. The molecule has 6 nitrogen and oxygen atoms in total. The molecule has 0 saturated heterocycles. The summed E-state index contributed by atoms with van der Waals surface area (Å²) in [6.07, 6.45) is 7.43. The number of rotatable bonds is 4. The standard InChI is InChI=1S/C17H23N5O/c1-11(18)21-10-12-2-4-13(5-3-12)17(23)22-15-7-9-20-16-14(15)6-8-19-16/h6-9,12-13H,2-5,10H2,1H3,(H2,18,21)(H2,19,20,22,23). The topological polar surface area (TPSA) is 96.2 Å². The number of carbonyl (C=O) groups is 1. The fourth-order valence-electron chi connectivity index (χ4n) is 3.18. The summed E-state index contributed by atoms with van der Waals surface area (Å²) in [7, 11) is 0. The summed E-state index contributed by atoms with van der Waals surface area (Å²) in [4.78, 5) is 24.1. The Morgan fingerprint density at radius 2 is 2.17 bits per heavy atom. The van der Waals surface area contributed by atoms with E-state index in [0.29, 0.717) is 11.8 Å². The van der Waals surface area contributed by atoms with Crippen LogP contribution < -0.4 is 11.1 Å². The molecule has 2 aromatic rings. The van der Waals surface area contributed by atoms with Crippen molar-refractivity contribution < 1.29 is 4.79 Å². The highest BCUT2D eigenvalue weighted by molar-refractivity contribution is 6.00. The molecule has 1 aliphatic rings. The van der Waals surface area contributed by atoms with Crippen molar-refractivity contribution in [3.63, 3.8) is 0 Å². The third-order valence-electron chi connectivity index (χ3n) is 4.53. The molecule has 0 aromatic carbocycles. The zero-order valence-corrected chi connectivity index (χ0v) is 13.4. The smallest absolute Gasteiger partial charge is 0.227 e. The molecule has 0 radical (unpaired) electrons. The number of hydrogen-bond donors (Lipinski definition) is 3. The highest BCUT2D eigenvalue weighted by Crippen LogP contribution is 2.30. The second kappa shape index (κ2) is 6.81. The van der Waals surface area contributed by atoms with Crippen LogP contribution in [0.1, 0.15) is 32.6 Å². The number of carbonyl (C=O) groups excluding carboxylic acids is 1. The van der Waals surface area contributed by atoms with Crippen LogP contribution >= 0.6 is 0 Å². The molecule has 1 aliphatic carbocycles. The second-order valence-corrected chi connectivity index (χ2v) is 6.29. The Kier molecular flexibility index (Phi) is 4.60. The van der Waals surface area contributed by atoms with Crippen molar-refractivity contribution in [2.75, 3.05) is 11.9 Å². The predicted octanol–water partition coefficient (Wildman–Crippen LogP) is 2.68. The average Bonchev–Trinajstić information content (AvgIpc) is 3.03. The lowest BCUT2D eigenvalue weighted by Crippen LogP contribution is -2.28. The number of nitrogens with zero attached hydrogens (tertiary/aromatic N) is 2. The lowest BCUT2D eigenvalue weighted by atomic mass is 9.81. The molecule has 0 aliphatic heterocycles. The SMILES string of the molecule is CC(N)=NCC1CCC(C(=O)Nc2ccnc3[nH]ccc23)CC1. The Morgan fingerprint density at radius 1 is 1.39 bits per heavy atom. The van der Waals surface area contributed by atoms with Gasteiger partial charge in [-0.1, -0.05) is 0 Å². The van der Waals surface area contributed by atoms with Crippen LogP contribution in [0.2, 0.25) is 0 Å². The number of aromatic amines is 1. The maximum absolute atomic E-state index is 12.5. The fourth-order valence-corrected chi connectivity index (χ4v) is 3.18. The van der Waals surface area contributed by atoms with Crippen LogP contribution in [-0.2, 0) is 4.79 Å². The molecule has 1 saturated carbocycles. The number of H-pyrrole nitrogens is 1. The van der Waals surface area contributed by atoms with Gasteiger partial charge in [-0.05, 0) is 50.7 Å². The number of amides is 1. The van der Waals surface area contributed by atoms with E-state index in [1.165, 1.54) is 0 Å². The van der Waals surface area contributed by atoms with Gasteiger partial charge in [-0.3, -0.25) is 9.79 Å². The molecule has 0 bridgehead atoms. The van der Waals surface area contributed by atoms with E-state index in [4.69, 9.17) is 5.73 Å². The number of nitrogens with one attached hydrogen (secondary N) is 2. The summed E-state index contributed by atoms with van der Waals surface area (Å²) in [5.74, 6) is 1.37. The zero-order chi connectivity index (χ0) is 16.2. The summed E-state index contributed by atoms with van der Waals surface area (Å²) >= 11 is 0. The summed E-state index contributed by atoms with van der Waals surface area (Å²) in [5, 5.41) is 4.01. The number of nitrogens with two attached hydrogens (primary N) is 1. The number of aromatic nitrogens is 2. The molecule has 1 amide bonds. The monoisotopic (exact) mass is 313 g/mol. The van der Waals surface area contributed by atoms with Gasteiger partial charge in [0.1, 0.15) is 5.65 Å². The molecular formula is C17H23N5O. The number of aliphatic imine (C=N–C) groups is 1. The van der Waals surface area contributed by atoms with Crippen LogP contribution in [0.25, 0.3) is 11.0 Å². The molecule has 0 atom stereocenters. The number of pyridine rings is 1. The third-order valence-corrected chi connectivity index (χ3v) is 4.53. The van der Waals surface area contributed by atoms with Gasteiger partial charge in [0.2, 0.25) is 5.91 Å². The molecule has 2 heterocycles. The van der Waals surface area contributed by atoms with Crippen molar-refractivity contribution >= 4 is 28.5 Å². The van der Waals surface area contributed by atoms with Crippen LogP contribution in [0.15, 0.2) is 29.5 Å². The van der Waals surface area contributed by atoms with E-state index >= 15 is 0 Å². The van der Waals surface area contributed by atoms with E-state index in [9.17, 15) is 4.79 Å². The first kappa shape index (κ1) is 15.5. The Hall–Kier alpha value is -2.37. The average molecular weight is 313 g/mol. The number of hydrogen-bond acceptors (Lipinski definition) is 3. The van der Waals surface area contributed by atoms with Crippen LogP contribution in [0.4, 0.5) is 5.69 Å². The number of fused-ring (bicyclic) bond motifs is 1. The minimum absolute atomic E-state index is 0.0800. The molecule has 0 spiro atoms. The normalized spacial score (nSPS) is 22.2. The van der Waals surface area contributed by atoms with E-state index in [1.807, 2.05) is 25.3 Å². The number of amidine groups is 1. The van der Waals surface area contributed by atoms with Crippen molar-refractivity contribution in [2.24, 2.45) is 22.6 Å². The summed E-state index contributed by atoms with van der Waals surface area (Å²) in [6.45, 7) is 2.60. The third kappa shape index (κ3) is 3.70. The first-order valence-electron chi connectivity index (χ1n) is 8.13. The van der Waals surface area contributed by atoms with Crippen molar-refractivity contribution in [3.8, 4) is 0 Å². The van der Waals surface area contributed by atoms with Crippen molar-refractivity contribution in [3.05, 3.63) is 24.5 Å². The van der Waals surface area contributed by atoms with Gasteiger partial charge < -0.3 is 16.0 Å². The van der Waals surface area contributed by atoms with Crippen molar-refractivity contribution in [1.82, 2.24) is 9.97 Å². The predicted molar refractivity (Wildman–Crippen MR) is 92.3 cm³/mol. The quantitative estimate of drug-likeness (QED) is 0.598. The Morgan fingerprint density at radius 3 is 2.91 bits per heavy atom. The molecule has 1 fully saturated rings. The fraction of sp³-hybridized carbons (Fsp3) is 0.471. The molecule has 6 heteroatoms. The lowest BCUT2D eigenvalue weighted by Gasteiger charge is -2.26. The highest BCUT2D eigenvalue weighted by atomic mass is 16.1. The minimum atomic E-state index is 0.0800.